The van der Waals surface area contributed by atoms with Gasteiger partial charge in [-0.15, -0.1) is 0 Å². The molecular weight excluding hydrogens is 284 g/mol. The zero-order valence-electron chi connectivity index (χ0n) is 11.4. The van der Waals surface area contributed by atoms with Gasteiger partial charge >= 0.3 is 0 Å². The lowest BCUT2D eigenvalue weighted by Gasteiger charge is -2.10. The van der Waals surface area contributed by atoms with Gasteiger partial charge in [-0.2, -0.15) is 0 Å². The van der Waals surface area contributed by atoms with Gasteiger partial charge in [-0.05, 0) is 17.4 Å². The molecule has 0 aliphatic heterocycles. The number of nitrogens with two attached hydrogens (primary N) is 1. The van der Waals surface area contributed by atoms with Crippen LogP contribution in [0.2, 0.25) is 5.15 Å². The Hall–Kier alpha value is -2.33. The second-order valence-electron chi connectivity index (χ2n) is 4.76. The van der Waals surface area contributed by atoms with Crippen LogP contribution in [-0.4, -0.2) is 16.5 Å². The van der Waals surface area contributed by atoms with Crippen molar-refractivity contribution in [2.24, 2.45) is 0 Å². The Kier molecular flexibility index (Phi) is 3.88. The molecular formula is C16H15ClN4. The third-order valence-corrected chi connectivity index (χ3v) is 3.60. The first-order chi connectivity index (χ1) is 10.2. The van der Waals surface area contributed by atoms with Gasteiger partial charge in [0.15, 0.2) is 0 Å². The second kappa shape index (κ2) is 5.97. The number of nitrogen functional groups attached to an aromatic ring is 1. The van der Waals surface area contributed by atoms with Crippen LogP contribution < -0.4 is 11.1 Å². The molecule has 3 aromatic rings. The van der Waals surface area contributed by atoms with E-state index in [4.69, 9.17) is 17.3 Å². The monoisotopic (exact) mass is 298 g/mol. The van der Waals surface area contributed by atoms with Gasteiger partial charge in [0.25, 0.3) is 0 Å². The number of nitrogens with zero attached hydrogens (tertiary/aromatic N) is 2. The highest BCUT2D eigenvalue weighted by Crippen LogP contribution is 2.25. The van der Waals surface area contributed by atoms with E-state index < -0.39 is 0 Å². The van der Waals surface area contributed by atoms with Gasteiger partial charge in [0.05, 0.1) is 0 Å². The van der Waals surface area contributed by atoms with Gasteiger partial charge in [-0.3, -0.25) is 0 Å². The lowest BCUT2D eigenvalue weighted by atomic mass is 10.0. The minimum absolute atomic E-state index is 0.428. The topological polar surface area (TPSA) is 63.8 Å². The summed E-state index contributed by atoms with van der Waals surface area (Å²) < 4.78 is 0. The number of hydrogen-bond donors (Lipinski definition) is 2. The van der Waals surface area contributed by atoms with Gasteiger partial charge in [-0.1, -0.05) is 48.0 Å². The average Bonchev–Trinajstić information content (AvgIpc) is 2.50. The molecule has 0 amide bonds. The fraction of sp³-hybridized carbons (Fsp3) is 0.125. The van der Waals surface area contributed by atoms with E-state index in [1.807, 2.05) is 18.2 Å². The Morgan fingerprint density at radius 3 is 2.81 bits per heavy atom. The number of rotatable bonds is 4. The van der Waals surface area contributed by atoms with E-state index in [2.05, 4.69) is 33.5 Å². The zero-order chi connectivity index (χ0) is 14.7. The van der Waals surface area contributed by atoms with Crippen molar-refractivity contribution in [3.8, 4) is 0 Å². The Balaban J connectivity index is 1.72. The fourth-order valence-corrected chi connectivity index (χ4v) is 2.46. The van der Waals surface area contributed by atoms with Crippen LogP contribution >= 0.6 is 11.6 Å². The first-order valence-electron chi connectivity index (χ1n) is 6.71. The summed E-state index contributed by atoms with van der Waals surface area (Å²) >= 11 is 5.82. The lowest BCUT2D eigenvalue weighted by Crippen LogP contribution is -2.08. The predicted molar refractivity (Wildman–Crippen MR) is 87.6 cm³/mol. The molecule has 1 aromatic heterocycles. The minimum atomic E-state index is 0.428. The molecule has 0 atom stereocenters. The molecule has 2 aromatic carbocycles. The number of aromatic nitrogens is 2. The molecule has 0 aliphatic rings. The van der Waals surface area contributed by atoms with Crippen molar-refractivity contribution in [3.05, 3.63) is 59.5 Å². The molecule has 106 valence electrons. The molecule has 5 heteroatoms. The van der Waals surface area contributed by atoms with Crippen molar-refractivity contribution in [3.63, 3.8) is 0 Å². The number of halogens is 1. The van der Waals surface area contributed by atoms with Gasteiger partial charge in [0.1, 0.15) is 17.3 Å². The maximum absolute atomic E-state index is 6.25. The Labute approximate surface area is 128 Å². The van der Waals surface area contributed by atoms with Crippen LogP contribution in [0.25, 0.3) is 10.8 Å². The standard InChI is InChI=1S/C16H15ClN4/c17-14-9-15(21-10-20-14)19-8-7-12-6-5-11-3-1-2-4-13(11)16(12)18/h1-6,9-10H,7-8,18H2,(H,19,20,21). The molecule has 0 aliphatic carbocycles. The largest absolute Gasteiger partial charge is 0.398 e. The van der Waals surface area contributed by atoms with Gasteiger partial charge < -0.3 is 11.1 Å². The summed E-state index contributed by atoms with van der Waals surface area (Å²) in [6, 6.07) is 14.0. The highest BCUT2D eigenvalue weighted by molar-refractivity contribution is 6.29. The summed E-state index contributed by atoms with van der Waals surface area (Å²) in [4.78, 5) is 7.95. The molecule has 0 fully saturated rings. The van der Waals surface area contributed by atoms with Crippen molar-refractivity contribution in [2.45, 2.75) is 6.42 Å². The highest BCUT2D eigenvalue weighted by Gasteiger charge is 2.04. The average molecular weight is 299 g/mol. The van der Waals surface area contributed by atoms with Crippen LogP contribution in [0.15, 0.2) is 48.8 Å². The van der Waals surface area contributed by atoms with E-state index in [0.29, 0.717) is 5.15 Å². The number of fused-ring (bicyclic) bond motifs is 1. The van der Waals surface area contributed by atoms with Crippen molar-refractivity contribution in [2.75, 3.05) is 17.6 Å². The molecule has 3 N–H and O–H groups in total. The normalized spacial score (nSPS) is 10.7. The van der Waals surface area contributed by atoms with Crippen LogP contribution in [0.3, 0.4) is 0 Å². The molecule has 0 spiro atoms. The van der Waals surface area contributed by atoms with Gasteiger partial charge in [0, 0.05) is 23.7 Å². The lowest BCUT2D eigenvalue weighted by molar-refractivity contribution is 1.00. The quantitative estimate of drug-likeness (QED) is 0.571. The van der Waals surface area contributed by atoms with Crippen LogP contribution in [0.5, 0.6) is 0 Å². The molecule has 3 rings (SSSR count). The highest BCUT2D eigenvalue weighted by atomic mass is 35.5. The Morgan fingerprint density at radius 2 is 1.95 bits per heavy atom. The van der Waals surface area contributed by atoms with Crippen LogP contribution in [0, 0.1) is 0 Å². The smallest absolute Gasteiger partial charge is 0.134 e. The van der Waals surface area contributed by atoms with Crippen LogP contribution in [-0.2, 0) is 6.42 Å². The first-order valence-corrected chi connectivity index (χ1v) is 7.09. The summed E-state index contributed by atoms with van der Waals surface area (Å²) in [6.45, 7) is 0.732. The van der Waals surface area contributed by atoms with Gasteiger partial charge in [-0.25, -0.2) is 9.97 Å². The maximum atomic E-state index is 6.25. The van der Waals surface area contributed by atoms with E-state index in [1.165, 1.54) is 6.33 Å². The predicted octanol–water partition coefficient (Wildman–Crippen LogP) is 3.52. The van der Waals surface area contributed by atoms with E-state index in [9.17, 15) is 0 Å². The third kappa shape index (κ3) is 3.06. The van der Waals surface area contributed by atoms with Crippen molar-refractivity contribution < 1.29 is 0 Å². The summed E-state index contributed by atoms with van der Waals surface area (Å²) in [5.74, 6) is 0.717. The summed E-state index contributed by atoms with van der Waals surface area (Å²) in [6.07, 6.45) is 2.26. The van der Waals surface area contributed by atoms with E-state index in [1.54, 1.807) is 6.07 Å². The molecule has 0 saturated carbocycles. The molecule has 0 saturated heterocycles. The fourth-order valence-electron chi connectivity index (χ4n) is 2.31. The molecule has 1 heterocycles. The molecule has 0 unspecified atom stereocenters. The van der Waals surface area contributed by atoms with E-state index in [0.717, 1.165) is 40.8 Å². The van der Waals surface area contributed by atoms with Crippen molar-refractivity contribution >= 4 is 33.9 Å². The Morgan fingerprint density at radius 1 is 1.10 bits per heavy atom. The van der Waals surface area contributed by atoms with Gasteiger partial charge in [0.2, 0.25) is 0 Å². The van der Waals surface area contributed by atoms with Crippen molar-refractivity contribution in [1.82, 2.24) is 9.97 Å². The molecule has 4 nitrogen and oxygen atoms in total. The third-order valence-electron chi connectivity index (χ3n) is 3.40. The maximum Gasteiger partial charge on any atom is 0.134 e. The SMILES string of the molecule is Nc1c(CCNc2cc(Cl)ncn2)ccc2ccccc12. The number of nitrogens with one attached hydrogen (secondary N) is 1. The van der Waals surface area contributed by atoms with Crippen LogP contribution in [0.4, 0.5) is 11.5 Å². The zero-order valence-corrected chi connectivity index (χ0v) is 12.1. The van der Waals surface area contributed by atoms with Crippen molar-refractivity contribution in [1.29, 1.82) is 0 Å². The summed E-state index contributed by atoms with van der Waals surface area (Å²) in [5.41, 5.74) is 8.22. The molecule has 0 radical (unpaired) electrons. The second-order valence-corrected chi connectivity index (χ2v) is 5.15. The first kappa shape index (κ1) is 13.6. The van der Waals surface area contributed by atoms with E-state index >= 15 is 0 Å². The molecule has 21 heavy (non-hydrogen) atoms. The summed E-state index contributed by atoms with van der Waals surface area (Å²) in [5, 5.41) is 5.91. The van der Waals surface area contributed by atoms with E-state index in [-0.39, 0.29) is 0 Å². The minimum Gasteiger partial charge on any atom is -0.398 e. The number of hydrogen-bond acceptors (Lipinski definition) is 4. The molecule has 0 bridgehead atoms. The number of anilines is 2. The number of benzene rings is 2. The summed E-state index contributed by atoms with van der Waals surface area (Å²) in [7, 11) is 0. The van der Waals surface area contributed by atoms with Crippen LogP contribution in [0.1, 0.15) is 5.56 Å². The Bertz CT molecular complexity index is 773.